The number of fused-ring (bicyclic) bond motifs is 1. The molecule has 3 aromatic rings. The van der Waals surface area contributed by atoms with Gasteiger partial charge in [0.1, 0.15) is 0 Å². The molecule has 0 aliphatic heterocycles. The molecule has 0 spiro atoms. The summed E-state index contributed by atoms with van der Waals surface area (Å²) < 4.78 is 0. The fourth-order valence-electron chi connectivity index (χ4n) is 2.00. The summed E-state index contributed by atoms with van der Waals surface area (Å²) in [6, 6.07) is 14.7. The lowest BCUT2D eigenvalue weighted by molar-refractivity contribution is 0.102. The highest BCUT2D eigenvalue weighted by Gasteiger charge is 2.08. The van der Waals surface area contributed by atoms with E-state index in [9.17, 15) is 4.79 Å². The molecule has 4 heteroatoms. The molecule has 1 aromatic heterocycles. The maximum atomic E-state index is 12.2. The van der Waals surface area contributed by atoms with Gasteiger partial charge in [-0.15, -0.1) is 0 Å². The van der Waals surface area contributed by atoms with Crippen molar-refractivity contribution in [3.63, 3.8) is 0 Å². The second kappa shape index (κ2) is 4.49. The maximum Gasteiger partial charge on any atom is 0.255 e. The average Bonchev–Trinajstić information content (AvgIpc) is 2.88. The monoisotopic (exact) mass is 251 g/mol. The van der Waals surface area contributed by atoms with Crippen molar-refractivity contribution < 1.29 is 4.79 Å². The van der Waals surface area contributed by atoms with Gasteiger partial charge in [-0.3, -0.25) is 4.79 Å². The number of nitrogens with one attached hydrogen (secondary N) is 2. The molecule has 0 saturated heterocycles. The fraction of sp³-hybridized carbons (Fsp3) is 0. The standard InChI is InChI=1S/C15H13N3O/c16-12-3-1-2-4-14(12)18-15(19)11-5-6-13-10(9-11)7-8-17-13/h1-9,17H,16H2,(H,18,19). The van der Waals surface area contributed by atoms with Gasteiger partial charge in [0.2, 0.25) is 0 Å². The van der Waals surface area contributed by atoms with Crippen LogP contribution in [0.4, 0.5) is 11.4 Å². The van der Waals surface area contributed by atoms with Crippen LogP contribution < -0.4 is 11.1 Å². The van der Waals surface area contributed by atoms with Gasteiger partial charge < -0.3 is 16.0 Å². The van der Waals surface area contributed by atoms with E-state index >= 15 is 0 Å². The van der Waals surface area contributed by atoms with Crippen molar-refractivity contribution in [3.05, 3.63) is 60.3 Å². The number of carbonyl (C=O) groups excluding carboxylic acids is 1. The minimum atomic E-state index is -0.166. The van der Waals surface area contributed by atoms with Crippen molar-refractivity contribution in [1.82, 2.24) is 4.98 Å². The average molecular weight is 251 g/mol. The van der Waals surface area contributed by atoms with Gasteiger partial charge in [-0.05, 0) is 36.4 Å². The highest BCUT2D eigenvalue weighted by Crippen LogP contribution is 2.19. The first kappa shape index (κ1) is 11.3. The molecule has 1 amide bonds. The van der Waals surface area contributed by atoms with E-state index in [1.165, 1.54) is 0 Å². The van der Waals surface area contributed by atoms with E-state index in [0.29, 0.717) is 16.9 Å². The first-order valence-corrected chi connectivity index (χ1v) is 5.97. The van der Waals surface area contributed by atoms with Crippen LogP contribution in [-0.2, 0) is 0 Å². The Hall–Kier alpha value is -2.75. The summed E-state index contributed by atoms with van der Waals surface area (Å²) in [5.74, 6) is -0.166. The van der Waals surface area contributed by atoms with Gasteiger partial charge >= 0.3 is 0 Å². The van der Waals surface area contributed by atoms with Crippen LogP contribution in [0.25, 0.3) is 10.9 Å². The number of H-pyrrole nitrogens is 1. The Morgan fingerprint density at radius 1 is 1.11 bits per heavy atom. The topological polar surface area (TPSA) is 70.9 Å². The molecule has 1 heterocycles. The highest BCUT2D eigenvalue weighted by molar-refractivity contribution is 6.07. The molecule has 0 saturated carbocycles. The molecular formula is C15H13N3O. The quantitative estimate of drug-likeness (QED) is 0.613. The molecular weight excluding hydrogens is 238 g/mol. The zero-order chi connectivity index (χ0) is 13.2. The van der Waals surface area contributed by atoms with Crippen LogP contribution in [0.1, 0.15) is 10.4 Å². The number of anilines is 2. The van der Waals surface area contributed by atoms with Crippen LogP contribution in [0.2, 0.25) is 0 Å². The third-order valence-corrected chi connectivity index (χ3v) is 3.02. The smallest absolute Gasteiger partial charge is 0.255 e. The summed E-state index contributed by atoms with van der Waals surface area (Å²) in [5.41, 5.74) is 8.60. The largest absolute Gasteiger partial charge is 0.397 e. The first-order valence-electron chi connectivity index (χ1n) is 5.97. The summed E-state index contributed by atoms with van der Waals surface area (Å²) in [6.45, 7) is 0. The Bertz CT molecular complexity index is 746. The van der Waals surface area contributed by atoms with Crippen LogP contribution in [0.15, 0.2) is 54.7 Å². The van der Waals surface area contributed by atoms with Crippen molar-refractivity contribution in [2.45, 2.75) is 0 Å². The molecule has 0 aliphatic carbocycles. The molecule has 0 aliphatic rings. The number of carbonyl (C=O) groups is 1. The number of benzene rings is 2. The number of hydrogen-bond acceptors (Lipinski definition) is 2. The van der Waals surface area contributed by atoms with Crippen LogP contribution in [-0.4, -0.2) is 10.9 Å². The van der Waals surface area contributed by atoms with E-state index in [-0.39, 0.29) is 5.91 Å². The van der Waals surface area contributed by atoms with Crippen molar-refractivity contribution in [3.8, 4) is 0 Å². The van der Waals surface area contributed by atoms with Crippen LogP contribution >= 0.6 is 0 Å². The predicted octanol–water partition coefficient (Wildman–Crippen LogP) is 3.00. The lowest BCUT2D eigenvalue weighted by Gasteiger charge is -2.07. The number of aromatic nitrogens is 1. The Balaban J connectivity index is 1.89. The summed E-state index contributed by atoms with van der Waals surface area (Å²) in [6.07, 6.45) is 1.85. The van der Waals surface area contributed by atoms with Gasteiger partial charge in [-0.2, -0.15) is 0 Å². The second-order valence-electron chi connectivity index (χ2n) is 4.32. The molecule has 19 heavy (non-hydrogen) atoms. The van der Waals surface area contributed by atoms with Gasteiger partial charge in [0.05, 0.1) is 11.4 Å². The molecule has 0 fully saturated rings. The third-order valence-electron chi connectivity index (χ3n) is 3.02. The highest BCUT2D eigenvalue weighted by atomic mass is 16.1. The van der Waals surface area contributed by atoms with Gasteiger partial charge in [-0.25, -0.2) is 0 Å². The molecule has 0 atom stereocenters. The predicted molar refractivity (Wildman–Crippen MR) is 77.1 cm³/mol. The maximum absolute atomic E-state index is 12.2. The van der Waals surface area contributed by atoms with E-state index in [1.807, 2.05) is 36.5 Å². The van der Waals surface area contributed by atoms with E-state index < -0.39 is 0 Å². The van der Waals surface area contributed by atoms with Crippen LogP contribution in [0, 0.1) is 0 Å². The zero-order valence-electron chi connectivity index (χ0n) is 10.2. The van der Waals surface area contributed by atoms with E-state index in [0.717, 1.165) is 10.9 Å². The molecule has 3 rings (SSSR count). The van der Waals surface area contributed by atoms with Crippen molar-refractivity contribution >= 4 is 28.2 Å². The Labute approximate surface area is 110 Å². The number of nitrogen functional groups attached to an aromatic ring is 1. The van der Waals surface area contributed by atoms with Crippen LogP contribution in [0.3, 0.4) is 0 Å². The Morgan fingerprint density at radius 2 is 1.95 bits per heavy atom. The molecule has 2 aromatic carbocycles. The van der Waals surface area contributed by atoms with Gasteiger partial charge in [0.15, 0.2) is 0 Å². The van der Waals surface area contributed by atoms with Gasteiger partial charge in [0.25, 0.3) is 5.91 Å². The number of hydrogen-bond donors (Lipinski definition) is 3. The van der Waals surface area contributed by atoms with Gasteiger partial charge in [0, 0.05) is 22.7 Å². The first-order chi connectivity index (χ1) is 9.24. The van der Waals surface area contributed by atoms with Crippen molar-refractivity contribution in [2.75, 3.05) is 11.1 Å². The number of nitrogens with two attached hydrogens (primary N) is 1. The summed E-state index contributed by atoms with van der Waals surface area (Å²) >= 11 is 0. The molecule has 0 bridgehead atoms. The Kier molecular flexibility index (Phi) is 2.68. The molecule has 94 valence electrons. The zero-order valence-corrected chi connectivity index (χ0v) is 10.2. The summed E-state index contributed by atoms with van der Waals surface area (Å²) in [7, 11) is 0. The van der Waals surface area contributed by atoms with Crippen molar-refractivity contribution in [2.24, 2.45) is 0 Å². The summed E-state index contributed by atoms with van der Waals surface area (Å²) in [4.78, 5) is 15.2. The minimum Gasteiger partial charge on any atom is -0.397 e. The van der Waals surface area contributed by atoms with E-state index in [1.54, 1.807) is 18.2 Å². The molecule has 4 nitrogen and oxygen atoms in total. The minimum absolute atomic E-state index is 0.166. The third kappa shape index (κ3) is 2.15. The lowest BCUT2D eigenvalue weighted by Crippen LogP contribution is -2.12. The van der Waals surface area contributed by atoms with Crippen LogP contribution in [0.5, 0.6) is 0 Å². The lowest BCUT2D eigenvalue weighted by atomic mass is 10.1. The number of rotatable bonds is 2. The number of aromatic amines is 1. The number of amides is 1. The fourth-order valence-corrected chi connectivity index (χ4v) is 2.00. The molecule has 4 N–H and O–H groups in total. The Morgan fingerprint density at radius 3 is 2.79 bits per heavy atom. The number of para-hydroxylation sites is 2. The van der Waals surface area contributed by atoms with E-state index in [4.69, 9.17) is 5.73 Å². The van der Waals surface area contributed by atoms with Gasteiger partial charge in [-0.1, -0.05) is 12.1 Å². The summed E-state index contributed by atoms with van der Waals surface area (Å²) in [5, 5.41) is 3.82. The second-order valence-corrected chi connectivity index (χ2v) is 4.32. The molecule has 0 radical (unpaired) electrons. The molecule has 0 unspecified atom stereocenters. The van der Waals surface area contributed by atoms with E-state index in [2.05, 4.69) is 10.3 Å². The van der Waals surface area contributed by atoms with Crippen molar-refractivity contribution in [1.29, 1.82) is 0 Å². The normalized spacial score (nSPS) is 10.5. The SMILES string of the molecule is Nc1ccccc1NC(=O)c1ccc2[nH]ccc2c1.